The summed E-state index contributed by atoms with van der Waals surface area (Å²) in [4.78, 5) is 12.9. The van der Waals surface area contributed by atoms with E-state index in [0.29, 0.717) is 5.92 Å². The lowest BCUT2D eigenvalue weighted by Gasteiger charge is -2.20. The second-order valence-electron chi connectivity index (χ2n) is 4.53. The first kappa shape index (κ1) is 12.1. The molecule has 1 unspecified atom stereocenters. The molecule has 0 aromatic carbocycles. The lowest BCUT2D eigenvalue weighted by Crippen LogP contribution is -2.23. The van der Waals surface area contributed by atoms with Crippen molar-refractivity contribution in [1.29, 1.82) is 0 Å². The summed E-state index contributed by atoms with van der Waals surface area (Å²) in [5.74, 6) is 2.30. The smallest absolute Gasteiger partial charge is 0.134 e. The van der Waals surface area contributed by atoms with Crippen LogP contribution < -0.4 is 9.80 Å². The highest BCUT2D eigenvalue weighted by Gasteiger charge is 2.23. The predicted molar refractivity (Wildman–Crippen MR) is 68.4 cm³/mol. The van der Waals surface area contributed by atoms with E-state index in [1.807, 2.05) is 13.1 Å². The second kappa shape index (κ2) is 5.31. The van der Waals surface area contributed by atoms with Gasteiger partial charge in [0.2, 0.25) is 0 Å². The molecule has 17 heavy (non-hydrogen) atoms. The average molecular weight is 236 g/mol. The summed E-state index contributed by atoms with van der Waals surface area (Å²) in [7, 11) is 2.02. The summed E-state index contributed by atoms with van der Waals surface area (Å²) in [5.41, 5.74) is 0. The van der Waals surface area contributed by atoms with Gasteiger partial charge in [0.25, 0.3) is 0 Å². The Labute approximate surface area is 102 Å². The lowest BCUT2D eigenvalue weighted by atomic mass is 10.1. The zero-order chi connectivity index (χ0) is 12.3. The van der Waals surface area contributed by atoms with Crippen molar-refractivity contribution in [3.63, 3.8) is 0 Å². The van der Waals surface area contributed by atoms with Crippen LogP contribution in [0, 0.1) is 5.92 Å². The SMILES string of the molecule is CCN(C)c1cc(N2CCC(CO)C2)ncn1. The highest BCUT2D eigenvalue weighted by Crippen LogP contribution is 2.23. The average Bonchev–Trinajstić information content (AvgIpc) is 2.86. The molecule has 0 spiro atoms. The van der Waals surface area contributed by atoms with Crippen LogP contribution in [0.3, 0.4) is 0 Å². The quantitative estimate of drug-likeness (QED) is 0.836. The molecule has 1 N–H and O–H groups in total. The summed E-state index contributed by atoms with van der Waals surface area (Å²) in [6.45, 7) is 5.15. The minimum absolute atomic E-state index is 0.267. The molecule has 0 bridgehead atoms. The number of aromatic nitrogens is 2. The van der Waals surface area contributed by atoms with E-state index < -0.39 is 0 Å². The summed E-state index contributed by atoms with van der Waals surface area (Å²) in [6.07, 6.45) is 2.66. The fraction of sp³-hybridized carbons (Fsp3) is 0.667. The maximum absolute atomic E-state index is 9.14. The predicted octanol–water partition coefficient (Wildman–Crippen LogP) is 0.751. The lowest BCUT2D eigenvalue weighted by molar-refractivity contribution is 0.238. The molecule has 5 nitrogen and oxygen atoms in total. The highest BCUT2D eigenvalue weighted by molar-refractivity contribution is 5.50. The van der Waals surface area contributed by atoms with Gasteiger partial charge in [0.15, 0.2) is 0 Å². The fourth-order valence-electron chi connectivity index (χ4n) is 2.07. The minimum atomic E-state index is 0.267. The Morgan fingerprint density at radius 3 is 3.00 bits per heavy atom. The third-order valence-electron chi connectivity index (χ3n) is 3.37. The number of aliphatic hydroxyl groups excluding tert-OH is 1. The summed E-state index contributed by atoms with van der Waals surface area (Å²) >= 11 is 0. The Morgan fingerprint density at radius 1 is 1.53 bits per heavy atom. The molecule has 0 saturated carbocycles. The number of anilines is 2. The van der Waals surface area contributed by atoms with Crippen LogP contribution in [0.25, 0.3) is 0 Å². The van der Waals surface area contributed by atoms with Crippen molar-refractivity contribution in [2.45, 2.75) is 13.3 Å². The molecule has 1 aliphatic rings. The van der Waals surface area contributed by atoms with Gasteiger partial charge in [-0.05, 0) is 13.3 Å². The van der Waals surface area contributed by atoms with E-state index >= 15 is 0 Å². The molecule has 0 aliphatic carbocycles. The molecule has 2 heterocycles. The molecular formula is C12H20N4O. The van der Waals surface area contributed by atoms with Crippen LogP contribution in [-0.4, -0.2) is 48.4 Å². The zero-order valence-electron chi connectivity index (χ0n) is 10.5. The van der Waals surface area contributed by atoms with Gasteiger partial charge in [-0.3, -0.25) is 0 Å². The van der Waals surface area contributed by atoms with Gasteiger partial charge in [0.05, 0.1) is 0 Å². The number of hydrogen-bond donors (Lipinski definition) is 1. The van der Waals surface area contributed by atoms with Gasteiger partial charge in [-0.2, -0.15) is 0 Å². The van der Waals surface area contributed by atoms with Gasteiger partial charge in [0, 0.05) is 45.3 Å². The van der Waals surface area contributed by atoms with Crippen molar-refractivity contribution in [2.24, 2.45) is 5.92 Å². The number of rotatable bonds is 4. The molecule has 0 amide bonds. The van der Waals surface area contributed by atoms with E-state index in [0.717, 1.165) is 37.7 Å². The van der Waals surface area contributed by atoms with Crippen LogP contribution in [0.4, 0.5) is 11.6 Å². The maximum atomic E-state index is 9.14. The Morgan fingerprint density at radius 2 is 2.35 bits per heavy atom. The van der Waals surface area contributed by atoms with Crippen LogP contribution in [0.5, 0.6) is 0 Å². The Hall–Kier alpha value is -1.36. The van der Waals surface area contributed by atoms with Crippen molar-refractivity contribution in [2.75, 3.05) is 43.1 Å². The number of aliphatic hydroxyl groups is 1. The number of hydrogen-bond acceptors (Lipinski definition) is 5. The monoisotopic (exact) mass is 236 g/mol. The van der Waals surface area contributed by atoms with Crippen molar-refractivity contribution >= 4 is 11.6 Å². The Kier molecular flexibility index (Phi) is 3.78. The van der Waals surface area contributed by atoms with Gasteiger partial charge < -0.3 is 14.9 Å². The van der Waals surface area contributed by atoms with Crippen LogP contribution in [0.1, 0.15) is 13.3 Å². The second-order valence-corrected chi connectivity index (χ2v) is 4.53. The molecular weight excluding hydrogens is 216 g/mol. The van der Waals surface area contributed by atoms with E-state index in [2.05, 4.69) is 26.7 Å². The molecule has 2 rings (SSSR count). The fourth-order valence-corrected chi connectivity index (χ4v) is 2.07. The minimum Gasteiger partial charge on any atom is -0.396 e. The maximum Gasteiger partial charge on any atom is 0.134 e. The van der Waals surface area contributed by atoms with E-state index in [4.69, 9.17) is 5.11 Å². The molecule has 94 valence electrons. The molecule has 0 radical (unpaired) electrons. The number of nitrogens with zero attached hydrogens (tertiary/aromatic N) is 4. The first-order valence-corrected chi connectivity index (χ1v) is 6.13. The topological polar surface area (TPSA) is 52.5 Å². The molecule has 1 aliphatic heterocycles. The van der Waals surface area contributed by atoms with E-state index in [9.17, 15) is 0 Å². The van der Waals surface area contributed by atoms with E-state index in [-0.39, 0.29) is 6.61 Å². The summed E-state index contributed by atoms with van der Waals surface area (Å²) in [6, 6.07) is 2.02. The molecule has 1 saturated heterocycles. The summed E-state index contributed by atoms with van der Waals surface area (Å²) in [5, 5.41) is 9.14. The molecule has 1 atom stereocenters. The van der Waals surface area contributed by atoms with Crippen LogP contribution in [0.15, 0.2) is 12.4 Å². The molecule has 1 aromatic heterocycles. The van der Waals surface area contributed by atoms with Crippen LogP contribution in [-0.2, 0) is 0 Å². The Balaban J connectivity index is 2.11. The Bertz CT molecular complexity index is 371. The molecule has 5 heteroatoms. The van der Waals surface area contributed by atoms with Crippen molar-refractivity contribution in [3.05, 3.63) is 12.4 Å². The van der Waals surface area contributed by atoms with Crippen molar-refractivity contribution in [1.82, 2.24) is 9.97 Å². The largest absolute Gasteiger partial charge is 0.396 e. The first-order chi connectivity index (χ1) is 8.24. The van der Waals surface area contributed by atoms with Gasteiger partial charge in [0.1, 0.15) is 18.0 Å². The summed E-state index contributed by atoms with van der Waals surface area (Å²) < 4.78 is 0. The standard InChI is InChI=1S/C12H20N4O/c1-3-15(2)11-6-12(14-9-13-11)16-5-4-10(7-16)8-17/h6,9-10,17H,3-5,7-8H2,1-2H3. The van der Waals surface area contributed by atoms with Crippen LogP contribution >= 0.6 is 0 Å². The van der Waals surface area contributed by atoms with Gasteiger partial charge in [-0.25, -0.2) is 9.97 Å². The van der Waals surface area contributed by atoms with Crippen molar-refractivity contribution < 1.29 is 5.11 Å². The van der Waals surface area contributed by atoms with Gasteiger partial charge in [-0.1, -0.05) is 0 Å². The van der Waals surface area contributed by atoms with Crippen LogP contribution in [0.2, 0.25) is 0 Å². The van der Waals surface area contributed by atoms with E-state index in [1.54, 1.807) is 6.33 Å². The molecule has 1 aromatic rings. The van der Waals surface area contributed by atoms with Gasteiger partial charge >= 0.3 is 0 Å². The molecule has 1 fully saturated rings. The van der Waals surface area contributed by atoms with Gasteiger partial charge in [-0.15, -0.1) is 0 Å². The third kappa shape index (κ3) is 2.66. The van der Waals surface area contributed by atoms with E-state index in [1.165, 1.54) is 0 Å². The third-order valence-corrected chi connectivity index (χ3v) is 3.37. The first-order valence-electron chi connectivity index (χ1n) is 6.13. The highest BCUT2D eigenvalue weighted by atomic mass is 16.3. The normalized spacial score (nSPS) is 19.7. The van der Waals surface area contributed by atoms with Crippen molar-refractivity contribution in [3.8, 4) is 0 Å². The zero-order valence-corrected chi connectivity index (χ0v) is 10.5.